The maximum Gasteiger partial charge on any atom is 0.223 e. The Morgan fingerprint density at radius 3 is 2.61 bits per heavy atom. The Labute approximate surface area is 136 Å². The van der Waals surface area contributed by atoms with Gasteiger partial charge in [-0.1, -0.05) is 6.07 Å². The van der Waals surface area contributed by atoms with Crippen LogP contribution in [0.5, 0.6) is 11.5 Å². The number of nitrogens with one attached hydrogen (secondary N) is 1. The van der Waals surface area contributed by atoms with E-state index >= 15 is 0 Å². The molecule has 1 aromatic carbocycles. The number of benzene rings is 1. The maximum absolute atomic E-state index is 12.4. The number of hydrogen-bond donors (Lipinski definition) is 2. The van der Waals surface area contributed by atoms with Crippen LogP contribution in [-0.2, 0) is 4.79 Å². The lowest BCUT2D eigenvalue weighted by Gasteiger charge is -2.26. The van der Waals surface area contributed by atoms with E-state index in [2.05, 4.69) is 11.4 Å². The molecule has 0 radical (unpaired) electrons. The molecule has 5 heteroatoms. The van der Waals surface area contributed by atoms with Crippen LogP contribution in [0.1, 0.15) is 43.6 Å². The average Bonchev–Trinajstić information content (AvgIpc) is 3.37. The minimum atomic E-state index is 0.105. The second-order valence-electron chi connectivity index (χ2n) is 6.97. The van der Waals surface area contributed by atoms with Gasteiger partial charge in [-0.15, -0.1) is 0 Å². The van der Waals surface area contributed by atoms with E-state index in [0.29, 0.717) is 31.2 Å². The van der Waals surface area contributed by atoms with Crippen LogP contribution in [0.3, 0.4) is 0 Å². The highest BCUT2D eigenvalue weighted by atomic mass is 16.6. The molecule has 1 amide bonds. The van der Waals surface area contributed by atoms with Crippen LogP contribution < -0.4 is 20.5 Å². The molecule has 1 aromatic rings. The monoisotopic (exact) mass is 316 g/mol. The number of ether oxygens (including phenoxy) is 2. The van der Waals surface area contributed by atoms with Gasteiger partial charge in [0, 0.05) is 18.0 Å². The summed E-state index contributed by atoms with van der Waals surface area (Å²) in [4.78, 5) is 12.4. The lowest BCUT2D eigenvalue weighted by atomic mass is 9.91. The Hall–Kier alpha value is -1.75. The Bertz CT molecular complexity index is 596. The zero-order chi connectivity index (χ0) is 15.8. The highest BCUT2D eigenvalue weighted by molar-refractivity contribution is 5.83. The van der Waals surface area contributed by atoms with E-state index < -0.39 is 0 Å². The van der Waals surface area contributed by atoms with Crippen molar-refractivity contribution in [2.24, 2.45) is 11.7 Å². The second-order valence-corrected chi connectivity index (χ2v) is 6.97. The van der Waals surface area contributed by atoms with Crippen LogP contribution in [0.2, 0.25) is 0 Å². The molecular weight excluding hydrogens is 292 g/mol. The van der Waals surface area contributed by atoms with Gasteiger partial charge in [-0.3, -0.25) is 4.79 Å². The lowest BCUT2D eigenvalue weighted by Crippen LogP contribution is -2.41. The molecule has 3 aliphatic rings. The van der Waals surface area contributed by atoms with Crippen molar-refractivity contribution in [3.8, 4) is 11.5 Å². The summed E-state index contributed by atoms with van der Waals surface area (Å²) in [6.07, 6.45) is 4.97. The summed E-state index contributed by atoms with van der Waals surface area (Å²) in [5.41, 5.74) is 7.10. The molecule has 0 bridgehead atoms. The number of rotatable bonds is 3. The summed E-state index contributed by atoms with van der Waals surface area (Å²) < 4.78 is 11.2. The summed E-state index contributed by atoms with van der Waals surface area (Å²) >= 11 is 0. The number of hydrogen-bond acceptors (Lipinski definition) is 4. The average molecular weight is 316 g/mol. The van der Waals surface area contributed by atoms with Gasteiger partial charge in [-0.25, -0.2) is 0 Å². The first-order valence-electron chi connectivity index (χ1n) is 8.66. The molecule has 4 rings (SSSR count). The van der Waals surface area contributed by atoms with E-state index in [1.165, 1.54) is 5.56 Å². The van der Waals surface area contributed by atoms with E-state index in [4.69, 9.17) is 15.2 Å². The summed E-state index contributed by atoms with van der Waals surface area (Å²) in [6, 6.07) is 6.68. The number of amides is 1. The van der Waals surface area contributed by atoms with Gasteiger partial charge in [-0.2, -0.15) is 0 Å². The highest BCUT2D eigenvalue weighted by Crippen LogP contribution is 2.49. The highest BCUT2D eigenvalue weighted by Gasteiger charge is 2.44. The summed E-state index contributed by atoms with van der Waals surface area (Å²) in [7, 11) is 0. The Balaban J connectivity index is 1.35. The van der Waals surface area contributed by atoms with E-state index in [9.17, 15) is 4.79 Å². The van der Waals surface area contributed by atoms with Gasteiger partial charge in [0.25, 0.3) is 0 Å². The fourth-order valence-electron chi connectivity index (χ4n) is 3.72. The van der Waals surface area contributed by atoms with Gasteiger partial charge in [0.2, 0.25) is 5.91 Å². The van der Waals surface area contributed by atoms with Gasteiger partial charge in [0.05, 0.1) is 0 Å². The molecule has 1 heterocycles. The van der Waals surface area contributed by atoms with Crippen molar-refractivity contribution in [1.82, 2.24) is 5.32 Å². The van der Waals surface area contributed by atoms with Gasteiger partial charge >= 0.3 is 0 Å². The van der Waals surface area contributed by atoms with Crippen LogP contribution in [0.4, 0.5) is 0 Å². The SMILES string of the molecule is NC1CCC(NC(=O)[C@@H]2C[C@H]2c2ccc3c(c2)OCCO3)CC1. The molecule has 23 heavy (non-hydrogen) atoms. The van der Waals surface area contributed by atoms with Crippen LogP contribution >= 0.6 is 0 Å². The molecule has 124 valence electrons. The smallest absolute Gasteiger partial charge is 0.223 e. The number of fused-ring (bicyclic) bond motifs is 1. The van der Waals surface area contributed by atoms with Crippen molar-refractivity contribution in [3.05, 3.63) is 23.8 Å². The topological polar surface area (TPSA) is 73.6 Å². The van der Waals surface area contributed by atoms with Crippen LogP contribution in [0, 0.1) is 5.92 Å². The summed E-state index contributed by atoms with van der Waals surface area (Å²) in [5, 5.41) is 3.21. The molecule has 2 saturated carbocycles. The van der Waals surface area contributed by atoms with E-state index in [-0.39, 0.29) is 11.8 Å². The predicted molar refractivity (Wildman–Crippen MR) is 86.7 cm³/mol. The Morgan fingerprint density at radius 1 is 1.09 bits per heavy atom. The lowest BCUT2D eigenvalue weighted by molar-refractivity contribution is -0.123. The van der Waals surface area contributed by atoms with E-state index in [1.807, 2.05) is 12.1 Å². The van der Waals surface area contributed by atoms with E-state index in [1.54, 1.807) is 0 Å². The molecule has 3 N–H and O–H groups in total. The minimum absolute atomic E-state index is 0.105. The predicted octanol–water partition coefficient (Wildman–Crippen LogP) is 1.95. The second kappa shape index (κ2) is 6.04. The number of nitrogens with two attached hydrogens (primary N) is 1. The molecule has 0 aromatic heterocycles. The van der Waals surface area contributed by atoms with Crippen molar-refractivity contribution in [3.63, 3.8) is 0 Å². The van der Waals surface area contributed by atoms with Crippen molar-refractivity contribution >= 4 is 5.91 Å². The fourth-order valence-corrected chi connectivity index (χ4v) is 3.72. The number of carbonyl (C=O) groups excluding carboxylic acids is 1. The van der Waals surface area contributed by atoms with Gasteiger partial charge in [0.15, 0.2) is 11.5 Å². The van der Waals surface area contributed by atoms with Gasteiger partial charge in [0.1, 0.15) is 13.2 Å². The molecule has 2 fully saturated rings. The van der Waals surface area contributed by atoms with Crippen molar-refractivity contribution < 1.29 is 14.3 Å². The molecule has 1 aliphatic heterocycles. The molecular formula is C18H24N2O3. The van der Waals surface area contributed by atoms with Crippen LogP contribution in [0.15, 0.2) is 18.2 Å². The van der Waals surface area contributed by atoms with Crippen LogP contribution in [0.25, 0.3) is 0 Å². The zero-order valence-electron chi connectivity index (χ0n) is 13.3. The first-order chi connectivity index (χ1) is 11.2. The number of carbonyl (C=O) groups is 1. The molecule has 0 saturated heterocycles. The third-order valence-corrected chi connectivity index (χ3v) is 5.24. The maximum atomic E-state index is 12.4. The third kappa shape index (κ3) is 3.15. The van der Waals surface area contributed by atoms with E-state index in [0.717, 1.165) is 43.6 Å². The zero-order valence-corrected chi connectivity index (χ0v) is 13.3. The third-order valence-electron chi connectivity index (χ3n) is 5.24. The minimum Gasteiger partial charge on any atom is -0.486 e. The summed E-state index contributed by atoms with van der Waals surface area (Å²) in [5.74, 6) is 2.23. The quantitative estimate of drug-likeness (QED) is 0.894. The first-order valence-corrected chi connectivity index (χ1v) is 8.66. The normalized spacial score (nSPS) is 32.2. The Morgan fingerprint density at radius 2 is 1.83 bits per heavy atom. The van der Waals surface area contributed by atoms with Gasteiger partial charge in [-0.05, 0) is 55.7 Å². The van der Waals surface area contributed by atoms with Crippen molar-refractivity contribution in [2.75, 3.05) is 13.2 Å². The summed E-state index contributed by atoms with van der Waals surface area (Å²) in [6.45, 7) is 1.20. The van der Waals surface area contributed by atoms with Crippen LogP contribution in [-0.4, -0.2) is 31.2 Å². The molecule has 2 atom stereocenters. The fraction of sp³-hybridized carbons (Fsp3) is 0.611. The molecule has 5 nitrogen and oxygen atoms in total. The van der Waals surface area contributed by atoms with Crippen molar-refractivity contribution in [1.29, 1.82) is 0 Å². The molecule has 2 aliphatic carbocycles. The Kier molecular flexibility index (Phi) is 3.89. The van der Waals surface area contributed by atoms with Gasteiger partial charge < -0.3 is 20.5 Å². The standard InChI is InChI=1S/C18H24N2O3/c19-12-2-4-13(5-3-12)20-18(21)15-10-14(15)11-1-6-16-17(9-11)23-8-7-22-16/h1,6,9,12-15H,2-5,7-8,10,19H2,(H,20,21)/t12?,13?,14-,15+/m0/s1. The largest absolute Gasteiger partial charge is 0.486 e. The molecule has 0 unspecified atom stereocenters. The first kappa shape index (κ1) is 14.8. The van der Waals surface area contributed by atoms with Crippen molar-refractivity contribution in [2.45, 2.75) is 50.1 Å². The molecule has 0 spiro atoms.